The van der Waals surface area contributed by atoms with Gasteiger partial charge in [0.1, 0.15) is 6.10 Å². The third-order valence-electron chi connectivity index (χ3n) is 1.96. The van der Waals surface area contributed by atoms with Gasteiger partial charge in [-0.1, -0.05) is 6.92 Å². The van der Waals surface area contributed by atoms with Gasteiger partial charge in [-0.2, -0.15) is 0 Å². The molecule has 5 heteroatoms. The summed E-state index contributed by atoms with van der Waals surface area (Å²) in [7, 11) is 1.63. The Morgan fingerprint density at radius 3 is 2.62 bits per heavy atom. The van der Waals surface area contributed by atoms with Crippen LogP contribution in [0, 0.1) is 0 Å². The van der Waals surface area contributed by atoms with Crippen molar-refractivity contribution >= 4 is 0 Å². The molecular weight excluding hydrogens is 210 g/mol. The molecule has 98 valence electrons. The van der Waals surface area contributed by atoms with Crippen LogP contribution in [0.1, 0.15) is 13.8 Å². The van der Waals surface area contributed by atoms with Crippen LogP contribution in [0.2, 0.25) is 0 Å². The number of likely N-dealkylation sites (N-methyl/N-ethyl adjacent to an activating group) is 1. The van der Waals surface area contributed by atoms with Gasteiger partial charge in [-0.3, -0.25) is 0 Å². The van der Waals surface area contributed by atoms with Crippen LogP contribution in [0.15, 0.2) is 0 Å². The van der Waals surface area contributed by atoms with Crippen molar-refractivity contribution in [3.63, 3.8) is 0 Å². The van der Waals surface area contributed by atoms with Crippen LogP contribution in [0.4, 0.5) is 0 Å². The zero-order valence-electron chi connectivity index (χ0n) is 10.6. The molecular formula is C11H25NO4. The van der Waals surface area contributed by atoms with Crippen molar-refractivity contribution in [2.75, 3.05) is 46.6 Å². The lowest BCUT2D eigenvalue weighted by atomic mass is 10.4. The first kappa shape index (κ1) is 15.8. The maximum Gasteiger partial charge on any atom is 0.101 e. The van der Waals surface area contributed by atoms with Gasteiger partial charge in [0.25, 0.3) is 0 Å². The van der Waals surface area contributed by atoms with Gasteiger partial charge in [0.15, 0.2) is 0 Å². The average Bonchev–Trinajstić information content (AvgIpc) is 2.26. The minimum Gasteiger partial charge on any atom is -0.388 e. The number of aliphatic hydroxyl groups is 1. The maximum atomic E-state index is 9.51. The molecule has 0 fully saturated rings. The summed E-state index contributed by atoms with van der Waals surface area (Å²) in [5.74, 6) is 0. The molecule has 0 aromatic carbocycles. The third-order valence-corrected chi connectivity index (χ3v) is 1.96. The number of ether oxygens (including phenoxy) is 3. The molecule has 5 nitrogen and oxygen atoms in total. The molecule has 0 aliphatic carbocycles. The SMILES string of the molecule is CCNCCOCC(O)COC(C)COC. The molecule has 0 aliphatic heterocycles. The summed E-state index contributed by atoms with van der Waals surface area (Å²) in [6, 6.07) is 0. The summed E-state index contributed by atoms with van der Waals surface area (Å²) in [6.45, 7) is 7.43. The molecule has 0 bridgehead atoms. The quantitative estimate of drug-likeness (QED) is 0.495. The molecule has 0 heterocycles. The molecule has 0 saturated heterocycles. The highest BCUT2D eigenvalue weighted by atomic mass is 16.5. The molecule has 0 amide bonds. The van der Waals surface area contributed by atoms with Gasteiger partial charge in [0.2, 0.25) is 0 Å². The zero-order chi connectivity index (χ0) is 12.2. The van der Waals surface area contributed by atoms with Crippen molar-refractivity contribution in [1.82, 2.24) is 5.32 Å². The second kappa shape index (κ2) is 11.3. The van der Waals surface area contributed by atoms with E-state index in [0.717, 1.165) is 13.1 Å². The summed E-state index contributed by atoms with van der Waals surface area (Å²) in [6.07, 6.45) is -0.567. The Morgan fingerprint density at radius 1 is 1.25 bits per heavy atom. The number of rotatable bonds is 11. The van der Waals surface area contributed by atoms with Crippen molar-refractivity contribution in [3.8, 4) is 0 Å². The Kier molecular flexibility index (Phi) is 11.1. The van der Waals surface area contributed by atoms with Crippen molar-refractivity contribution in [3.05, 3.63) is 0 Å². The van der Waals surface area contributed by atoms with Crippen LogP contribution in [-0.2, 0) is 14.2 Å². The molecule has 2 atom stereocenters. The number of methoxy groups -OCH3 is 1. The molecule has 0 aromatic rings. The summed E-state index contributed by atoms with van der Waals surface area (Å²) >= 11 is 0. The normalized spacial score (nSPS) is 15.0. The van der Waals surface area contributed by atoms with E-state index in [1.54, 1.807) is 7.11 Å². The first-order valence-corrected chi connectivity index (χ1v) is 5.77. The molecule has 16 heavy (non-hydrogen) atoms. The van der Waals surface area contributed by atoms with Crippen LogP contribution >= 0.6 is 0 Å². The molecule has 0 aliphatic rings. The van der Waals surface area contributed by atoms with Crippen molar-refractivity contribution in [1.29, 1.82) is 0 Å². The van der Waals surface area contributed by atoms with Crippen LogP contribution in [0.5, 0.6) is 0 Å². The van der Waals surface area contributed by atoms with E-state index in [1.165, 1.54) is 0 Å². The Bertz CT molecular complexity index is 146. The Balaban J connectivity index is 3.27. The van der Waals surface area contributed by atoms with Crippen LogP contribution in [-0.4, -0.2) is 63.9 Å². The van der Waals surface area contributed by atoms with E-state index in [9.17, 15) is 5.11 Å². The van der Waals surface area contributed by atoms with E-state index in [2.05, 4.69) is 5.32 Å². The minimum atomic E-state index is -0.569. The van der Waals surface area contributed by atoms with Crippen molar-refractivity contribution in [2.24, 2.45) is 0 Å². The maximum absolute atomic E-state index is 9.51. The molecule has 0 saturated carbocycles. The van der Waals surface area contributed by atoms with Crippen LogP contribution in [0.25, 0.3) is 0 Å². The largest absolute Gasteiger partial charge is 0.388 e. The van der Waals surface area contributed by atoms with Gasteiger partial charge in [0.05, 0.1) is 32.5 Å². The smallest absolute Gasteiger partial charge is 0.101 e. The van der Waals surface area contributed by atoms with Gasteiger partial charge >= 0.3 is 0 Å². The van der Waals surface area contributed by atoms with E-state index < -0.39 is 6.10 Å². The summed E-state index contributed by atoms with van der Waals surface area (Å²) in [5, 5.41) is 12.6. The van der Waals surface area contributed by atoms with Gasteiger partial charge in [-0.05, 0) is 13.5 Å². The minimum absolute atomic E-state index is 0.00130. The molecule has 0 rings (SSSR count). The fraction of sp³-hybridized carbons (Fsp3) is 1.00. The predicted octanol–water partition coefficient (Wildman–Crippen LogP) is 0.0249. The van der Waals surface area contributed by atoms with E-state index in [4.69, 9.17) is 14.2 Å². The summed E-state index contributed by atoms with van der Waals surface area (Å²) < 4.78 is 15.5. The topological polar surface area (TPSA) is 60.0 Å². The zero-order valence-corrected chi connectivity index (χ0v) is 10.6. The molecule has 0 spiro atoms. The first-order valence-electron chi connectivity index (χ1n) is 5.77. The lowest BCUT2D eigenvalue weighted by Gasteiger charge is -2.16. The highest BCUT2D eigenvalue weighted by Gasteiger charge is 2.07. The lowest BCUT2D eigenvalue weighted by Crippen LogP contribution is -2.28. The van der Waals surface area contributed by atoms with Crippen LogP contribution < -0.4 is 5.32 Å². The number of hydrogen-bond donors (Lipinski definition) is 2. The summed E-state index contributed by atoms with van der Waals surface area (Å²) in [4.78, 5) is 0. The number of hydrogen-bond acceptors (Lipinski definition) is 5. The standard InChI is InChI=1S/C11H25NO4/c1-4-12-5-6-15-8-11(13)9-16-10(2)7-14-3/h10-13H,4-9H2,1-3H3. The fourth-order valence-corrected chi connectivity index (χ4v) is 1.15. The predicted molar refractivity (Wildman–Crippen MR) is 62.7 cm³/mol. The van der Waals surface area contributed by atoms with Crippen molar-refractivity contribution in [2.45, 2.75) is 26.1 Å². The van der Waals surface area contributed by atoms with E-state index in [-0.39, 0.29) is 12.7 Å². The second-order valence-corrected chi connectivity index (χ2v) is 3.68. The van der Waals surface area contributed by atoms with Gasteiger partial charge in [-0.15, -0.1) is 0 Å². The molecule has 2 unspecified atom stereocenters. The van der Waals surface area contributed by atoms with Gasteiger partial charge < -0.3 is 24.6 Å². The summed E-state index contributed by atoms with van der Waals surface area (Å²) in [5.41, 5.74) is 0. The highest BCUT2D eigenvalue weighted by Crippen LogP contribution is 1.94. The number of nitrogens with one attached hydrogen (secondary N) is 1. The van der Waals surface area contributed by atoms with Crippen LogP contribution in [0.3, 0.4) is 0 Å². The Morgan fingerprint density at radius 2 is 2.00 bits per heavy atom. The average molecular weight is 235 g/mol. The van der Waals surface area contributed by atoms with E-state index in [1.807, 2.05) is 13.8 Å². The second-order valence-electron chi connectivity index (χ2n) is 3.68. The first-order chi connectivity index (χ1) is 7.70. The fourth-order valence-electron chi connectivity index (χ4n) is 1.15. The van der Waals surface area contributed by atoms with Crippen molar-refractivity contribution < 1.29 is 19.3 Å². The Hall–Kier alpha value is -0.200. The van der Waals surface area contributed by atoms with Gasteiger partial charge in [0, 0.05) is 13.7 Å². The number of aliphatic hydroxyl groups excluding tert-OH is 1. The Labute approximate surface area is 98.1 Å². The highest BCUT2D eigenvalue weighted by molar-refractivity contribution is 4.55. The molecule has 0 radical (unpaired) electrons. The van der Waals surface area contributed by atoms with E-state index in [0.29, 0.717) is 19.8 Å². The van der Waals surface area contributed by atoms with Gasteiger partial charge in [-0.25, -0.2) is 0 Å². The van der Waals surface area contributed by atoms with E-state index >= 15 is 0 Å². The monoisotopic (exact) mass is 235 g/mol. The third kappa shape index (κ3) is 10.3. The molecule has 2 N–H and O–H groups in total. The lowest BCUT2D eigenvalue weighted by molar-refractivity contribution is -0.0562. The molecule has 0 aromatic heterocycles.